The summed E-state index contributed by atoms with van der Waals surface area (Å²) in [6.07, 6.45) is 2.60. The highest BCUT2D eigenvalue weighted by Gasteiger charge is 2.42. The quantitative estimate of drug-likeness (QED) is 0.864. The van der Waals surface area contributed by atoms with E-state index in [9.17, 15) is 5.11 Å². The summed E-state index contributed by atoms with van der Waals surface area (Å²) in [7, 11) is 0. The van der Waals surface area contributed by atoms with Crippen LogP contribution < -0.4 is 0 Å². The van der Waals surface area contributed by atoms with Crippen LogP contribution in [0.3, 0.4) is 0 Å². The molecule has 2 aliphatic rings. The van der Waals surface area contributed by atoms with E-state index in [2.05, 4.69) is 36.9 Å². The minimum atomic E-state index is -0.0116. The topological polar surface area (TPSA) is 32.7 Å². The van der Waals surface area contributed by atoms with Gasteiger partial charge in [-0.05, 0) is 43.4 Å². The van der Waals surface area contributed by atoms with E-state index in [1.54, 1.807) is 0 Å². The number of rotatable bonds is 6. The van der Waals surface area contributed by atoms with E-state index < -0.39 is 0 Å². The maximum Gasteiger partial charge on any atom is 0.0579 e. The summed E-state index contributed by atoms with van der Waals surface area (Å²) in [6.45, 7) is 7.94. The van der Waals surface area contributed by atoms with Gasteiger partial charge in [-0.15, -0.1) is 0 Å². The van der Waals surface area contributed by atoms with Crippen LogP contribution in [0.4, 0.5) is 0 Å². The first kappa shape index (κ1) is 14.1. The molecule has 1 saturated heterocycles. The molecule has 110 valence electrons. The number of hydrogen-bond acceptors (Lipinski definition) is 3. The molecule has 1 heterocycles. The molecule has 0 atom stereocenters. The fourth-order valence-electron chi connectivity index (χ4n) is 2.94. The predicted molar refractivity (Wildman–Crippen MR) is 79.7 cm³/mol. The lowest BCUT2D eigenvalue weighted by Gasteiger charge is -2.43. The van der Waals surface area contributed by atoms with Gasteiger partial charge in [0.25, 0.3) is 0 Å². The van der Waals surface area contributed by atoms with Gasteiger partial charge in [0.1, 0.15) is 0 Å². The third-order valence-corrected chi connectivity index (χ3v) is 4.71. The maximum absolute atomic E-state index is 9.63. The molecule has 0 spiro atoms. The van der Waals surface area contributed by atoms with Gasteiger partial charge in [-0.2, -0.15) is 0 Å². The number of aryl methyl sites for hydroxylation is 2. The first-order chi connectivity index (χ1) is 9.62. The summed E-state index contributed by atoms with van der Waals surface area (Å²) in [5.41, 5.74) is 4.09. The van der Waals surface area contributed by atoms with Gasteiger partial charge in [0.2, 0.25) is 0 Å². The monoisotopic (exact) mass is 275 g/mol. The normalized spacial score (nSPS) is 21.0. The van der Waals surface area contributed by atoms with Crippen molar-refractivity contribution in [2.24, 2.45) is 5.41 Å². The second-order valence-electron chi connectivity index (χ2n) is 6.71. The van der Waals surface area contributed by atoms with E-state index in [0.717, 1.165) is 13.1 Å². The number of aliphatic hydroxyl groups excluding tert-OH is 1. The predicted octanol–water partition coefficient (Wildman–Crippen LogP) is 2.28. The molecule has 1 saturated carbocycles. The standard InChI is InChI=1S/C17H25NO2/c1-13-3-4-15(7-14(13)2)8-18(16-5-6-16)9-17(10-19)11-20-12-17/h3-4,7,16,19H,5-6,8-12H2,1-2H3. The van der Waals surface area contributed by atoms with E-state index >= 15 is 0 Å². The van der Waals surface area contributed by atoms with Gasteiger partial charge in [-0.1, -0.05) is 18.2 Å². The van der Waals surface area contributed by atoms with Crippen LogP contribution in [0.1, 0.15) is 29.5 Å². The van der Waals surface area contributed by atoms with Crippen LogP contribution in [0.25, 0.3) is 0 Å². The molecule has 1 aliphatic heterocycles. The van der Waals surface area contributed by atoms with Gasteiger partial charge < -0.3 is 9.84 Å². The van der Waals surface area contributed by atoms with Crippen molar-refractivity contribution in [2.45, 2.75) is 39.3 Å². The molecule has 0 unspecified atom stereocenters. The highest BCUT2D eigenvalue weighted by atomic mass is 16.5. The molecule has 1 aromatic carbocycles. The molecule has 0 aromatic heterocycles. The van der Waals surface area contributed by atoms with Crippen molar-refractivity contribution in [3.05, 3.63) is 34.9 Å². The number of nitrogens with zero attached hydrogens (tertiary/aromatic N) is 1. The Hall–Kier alpha value is -0.900. The zero-order chi connectivity index (χ0) is 14.2. The van der Waals surface area contributed by atoms with E-state index in [0.29, 0.717) is 19.3 Å². The molecule has 2 fully saturated rings. The summed E-state index contributed by atoms with van der Waals surface area (Å²) in [5.74, 6) is 0. The Labute approximate surface area is 121 Å². The first-order valence-electron chi connectivity index (χ1n) is 7.61. The van der Waals surface area contributed by atoms with Gasteiger partial charge in [0, 0.05) is 19.1 Å². The zero-order valence-electron chi connectivity index (χ0n) is 12.6. The van der Waals surface area contributed by atoms with Crippen LogP contribution >= 0.6 is 0 Å². The molecular weight excluding hydrogens is 250 g/mol. The van der Waals surface area contributed by atoms with Crippen LogP contribution in [0.15, 0.2) is 18.2 Å². The van der Waals surface area contributed by atoms with Gasteiger partial charge >= 0.3 is 0 Å². The van der Waals surface area contributed by atoms with E-state index in [1.807, 2.05) is 0 Å². The van der Waals surface area contributed by atoms with E-state index in [-0.39, 0.29) is 12.0 Å². The van der Waals surface area contributed by atoms with Crippen LogP contribution in [-0.4, -0.2) is 42.4 Å². The zero-order valence-corrected chi connectivity index (χ0v) is 12.6. The van der Waals surface area contributed by atoms with Crippen molar-refractivity contribution in [1.82, 2.24) is 4.90 Å². The van der Waals surface area contributed by atoms with Gasteiger partial charge in [0.15, 0.2) is 0 Å². The molecule has 1 aromatic rings. The summed E-state index contributed by atoms with van der Waals surface area (Å²) >= 11 is 0. The molecule has 20 heavy (non-hydrogen) atoms. The Morgan fingerprint density at radius 2 is 2.00 bits per heavy atom. The van der Waals surface area contributed by atoms with Crippen LogP contribution in [0, 0.1) is 19.3 Å². The summed E-state index contributed by atoms with van der Waals surface area (Å²) in [6, 6.07) is 7.46. The Morgan fingerprint density at radius 1 is 1.25 bits per heavy atom. The largest absolute Gasteiger partial charge is 0.396 e. The number of aliphatic hydroxyl groups is 1. The molecule has 0 amide bonds. The Bertz CT molecular complexity index is 472. The Balaban J connectivity index is 1.69. The Morgan fingerprint density at radius 3 is 2.50 bits per heavy atom. The average molecular weight is 275 g/mol. The second-order valence-corrected chi connectivity index (χ2v) is 6.71. The lowest BCUT2D eigenvalue weighted by Crippen LogP contribution is -2.53. The van der Waals surface area contributed by atoms with Crippen molar-refractivity contribution in [3.8, 4) is 0 Å². The minimum absolute atomic E-state index is 0.0116. The second kappa shape index (κ2) is 5.47. The molecule has 0 radical (unpaired) electrons. The SMILES string of the molecule is Cc1ccc(CN(CC2(CO)COC2)C2CC2)cc1C. The summed E-state index contributed by atoms with van der Waals surface area (Å²) in [4.78, 5) is 2.54. The van der Waals surface area contributed by atoms with Crippen molar-refractivity contribution in [2.75, 3.05) is 26.4 Å². The molecule has 1 N–H and O–H groups in total. The first-order valence-corrected chi connectivity index (χ1v) is 7.61. The fourth-order valence-corrected chi connectivity index (χ4v) is 2.94. The third kappa shape index (κ3) is 2.90. The van der Waals surface area contributed by atoms with Gasteiger partial charge in [0.05, 0.1) is 25.2 Å². The molecule has 0 bridgehead atoms. The molecule has 3 nitrogen and oxygen atoms in total. The highest BCUT2D eigenvalue weighted by Crippen LogP contribution is 2.35. The number of benzene rings is 1. The van der Waals surface area contributed by atoms with E-state index in [1.165, 1.54) is 29.5 Å². The number of hydrogen-bond donors (Lipinski definition) is 1. The van der Waals surface area contributed by atoms with Crippen molar-refractivity contribution >= 4 is 0 Å². The fraction of sp³-hybridized carbons (Fsp3) is 0.647. The van der Waals surface area contributed by atoms with Crippen LogP contribution in [0.5, 0.6) is 0 Å². The highest BCUT2D eigenvalue weighted by molar-refractivity contribution is 5.30. The lowest BCUT2D eigenvalue weighted by molar-refractivity contribution is -0.150. The van der Waals surface area contributed by atoms with Crippen molar-refractivity contribution < 1.29 is 9.84 Å². The van der Waals surface area contributed by atoms with Gasteiger partial charge in [-0.25, -0.2) is 0 Å². The summed E-state index contributed by atoms with van der Waals surface area (Å²) in [5, 5.41) is 9.63. The average Bonchev–Trinajstić information content (AvgIpc) is 3.21. The molecule has 3 rings (SSSR count). The maximum atomic E-state index is 9.63. The van der Waals surface area contributed by atoms with Gasteiger partial charge in [-0.3, -0.25) is 4.90 Å². The van der Waals surface area contributed by atoms with E-state index in [4.69, 9.17) is 4.74 Å². The Kier molecular flexibility index (Phi) is 3.85. The van der Waals surface area contributed by atoms with Crippen LogP contribution in [-0.2, 0) is 11.3 Å². The third-order valence-electron chi connectivity index (χ3n) is 4.71. The van der Waals surface area contributed by atoms with Crippen LogP contribution in [0.2, 0.25) is 0 Å². The molecule has 1 aliphatic carbocycles. The summed E-state index contributed by atoms with van der Waals surface area (Å²) < 4.78 is 5.33. The van der Waals surface area contributed by atoms with Crippen molar-refractivity contribution in [3.63, 3.8) is 0 Å². The lowest BCUT2D eigenvalue weighted by atomic mass is 9.86. The minimum Gasteiger partial charge on any atom is -0.396 e. The van der Waals surface area contributed by atoms with Crippen molar-refractivity contribution in [1.29, 1.82) is 0 Å². The molecule has 3 heteroatoms. The smallest absolute Gasteiger partial charge is 0.0579 e. The number of ether oxygens (including phenoxy) is 1. The molecular formula is C17H25NO2.